The summed E-state index contributed by atoms with van der Waals surface area (Å²) < 4.78 is 11.5. The number of pyridine rings is 1. The second-order valence-electron chi connectivity index (χ2n) is 6.53. The van der Waals surface area contributed by atoms with E-state index in [2.05, 4.69) is 42.9 Å². The summed E-state index contributed by atoms with van der Waals surface area (Å²) in [5.41, 5.74) is 4.72. The second-order valence-corrected chi connectivity index (χ2v) is 7.34. The zero-order chi connectivity index (χ0) is 17.8. The summed E-state index contributed by atoms with van der Waals surface area (Å²) in [4.78, 5) is 22.3. The number of aromatic nitrogens is 2. The Hall–Kier alpha value is -2.54. The van der Waals surface area contributed by atoms with Crippen LogP contribution in [0.1, 0.15) is 27.7 Å². The number of benzene rings is 1. The summed E-state index contributed by atoms with van der Waals surface area (Å²) >= 11 is 3.42. The van der Waals surface area contributed by atoms with Gasteiger partial charge in [-0.3, -0.25) is 0 Å². The first-order chi connectivity index (χ1) is 12.6. The first kappa shape index (κ1) is 15.7. The minimum atomic E-state index is -0.340. The summed E-state index contributed by atoms with van der Waals surface area (Å²) in [7, 11) is 1.40. The van der Waals surface area contributed by atoms with Gasteiger partial charge in [0.05, 0.1) is 30.9 Å². The average Bonchev–Trinajstić information content (AvgIpc) is 3.23. The van der Waals surface area contributed by atoms with Gasteiger partial charge in [-0.2, -0.15) is 0 Å². The Labute approximate surface area is 158 Å². The van der Waals surface area contributed by atoms with Gasteiger partial charge < -0.3 is 19.4 Å². The maximum Gasteiger partial charge on any atom is 0.337 e. The van der Waals surface area contributed by atoms with Crippen molar-refractivity contribution in [1.29, 1.82) is 0 Å². The lowest BCUT2D eigenvalue weighted by Crippen LogP contribution is -2.33. The van der Waals surface area contributed by atoms with E-state index >= 15 is 0 Å². The van der Waals surface area contributed by atoms with Gasteiger partial charge in [0, 0.05) is 17.5 Å². The van der Waals surface area contributed by atoms with E-state index in [1.807, 2.05) is 12.1 Å². The molecule has 2 aliphatic rings. The molecule has 6 nitrogen and oxygen atoms in total. The largest absolute Gasteiger partial charge is 0.490 e. The Balaban J connectivity index is 1.59. The van der Waals surface area contributed by atoms with E-state index in [-0.39, 0.29) is 12.0 Å². The number of carbonyl (C=O) groups excluding carboxylic acids is 1. The topological polar surface area (TPSA) is 67.5 Å². The van der Waals surface area contributed by atoms with Crippen LogP contribution in [0.4, 0.5) is 5.69 Å². The Bertz CT molecular complexity index is 1050. The number of esters is 1. The number of methoxy groups -OCH3 is 1. The molecular formula is C19H16BrN3O3. The van der Waals surface area contributed by atoms with E-state index in [1.54, 1.807) is 6.07 Å². The predicted octanol–water partition coefficient (Wildman–Crippen LogP) is 3.61. The lowest BCUT2D eigenvalue weighted by molar-refractivity contribution is 0.0600. The van der Waals surface area contributed by atoms with Crippen LogP contribution in [0, 0.1) is 0 Å². The molecule has 0 saturated heterocycles. The Morgan fingerprint density at radius 3 is 3.12 bits per heavy atom. The van der Waals surface area contributed by atoms with Crippen molar-refractivity contribution in [3.05, 3.63) is 51.8 Å². The molecule has 2 aliphatic heterocycles. The van der Waals surface area contributed by atoms with Crippen LogP contribution in [0.25, 0.3) is 11.0 Å². The molecule has 132 valence electrons. The third-order valence-electron chi connectivity index (χ3n) is 5.07. The summed E-state index contributed by atoms with van der Waals surface area (Å²) in [6.45, 7) is 1.41. The van der Waals surface area contributed by atoms with Crippen LogP contribution >= 0.6 is 15.9 Å². The highest BCUT2D eigenvalue weighted by Crippen LogP contribution is 2.48. The highest BCUT2D eigenvalue weighted by atomic mass is 79.9. The van der Waals surface area contributed by atoms with Crippen molar-refractivity contribution in [1.82, 2.24) is 9.97 Å². The molecular weight excluding hydrogens is 398 g/mol. The van der Waals surface area contributed by atoms with Crippen LogP contribution in [0.5, 0.6) is 5.75 Å². The maximum atomic E-state index is 12.0. The first-order valence-corrected chi connectivity index (χ1v) is 9.23. The van der Waals surface area contributed by atoms with Crippen LogP contribution in [0.15, 0.2) is 34.9 Å². The zero-order valence-corrected chi connectivity index (χ0v) is 15.7. The van der Waals surface area contributed by atoms with Gasteiger partial charge in [-0.15, -0.1) is 0 Å². The Morgan fingerprint density at radius 2 is 2.27 bits per heavy atom. The fraction of sp³-hybridized carbons (Fsp3) is 0.263. The van der Waals surface area contributed by atoms with Gasteiger partial charge in [0.25, 0.3) is 0 Å². The molecule has 0 bridgehead atoms. The van der Waals surface area contributed by atoms with Gasteiger partial charge in [-0.1, -0.05) is 0 Å². The summed E-state index contributed by atoms with van der Waals surface area (Å²) in [5, 5.41) is 1.09. The predicted molar refractivity (Wildman–Crippen MR) is 101 cm³/mol. The molecule has 0 amide bonds. The molecule has 0 aliphatic carbocycles. The fourth-order valence-electron chi connectivity index (χ4n) is 3.95. The quantitative estimate of drug-likeness (QED) is 0.513. The number of carbonyl (C=O) groups is 1. The molecule has 7 heteroatoms. The lowest BCUT2D eigenvalue weighted by Gasteiger charge is -2.32. The molecule has 1 unspecified atom stereocenters. The number of rotatable bonds is 2. The maximum absolute atomic E-state index is 12.0. The molecule has 0 saturated carbocycles. The number of H-pyrrole nitrogens is 1. The second kappa shape index (κ2) is 5.74. The van der Waals surface area contributed by atoms with Gasteiger partial charge in [0.15, 0.2) is 0 Å². The summed E-state index contributed by atoms with van der Waals surface area (Å²) in [6.07, 6.45) is 0.810. The number of anilines is 1. The summed E-state index contributed by atoms with van der Waals surface area (Å²) in [5.74, 6) is 0.418. The SMILES string of the molecule is COC(=O)c1cc2c3c(c1)OCCN3C(c1cc3ccc(Br)nc3[nH]1)C2. The van der Waals surface area contributed by atoms with E-state index < -0.39 is 0 Å². The van der Waals surface area contributed by atoms with Crippen molar-refractivity contribution in [2.75, 3.05) is 25.2 Å². The Morgan fingerprint density at radius 1 is 1.38 bits per heavy atom. The van der Waals surface area contributed by atoms with Crippen molar-refractivity contribution < 1.29 is 14.3 Å². The molecule has 2 aromatic heterocycles. The number of aromatic amines is 1. The van der Waals surface area contributed by atoms with Crippen molar-refractivity contribution in [3.8, 4) is 5.75 Å². The smallest absolute Gasteiger partial charge is 0.337 e. The third kappa shape index (κ3) is 2.30. The molecule has 0 spiro atoms. The van der Waals surface area contributed by atoms with Crippen molar-refractivity contribution in [3.63, 3.8) is 0 Å². The van der Waals surface area contributed by atoms with E-state index in [4.69, 9.17) is 9.47 Å². The highest BCUT2D eigenvalue weighted by molar-refractivity contribution is 9.10. The molecule has 5 rings (SSSR count). The Kier molecular flexibility index (Phi) is 3.46. The van der Waals surface area contributed by atoms with Crippen molar-refractivity contribution in [2.45, 2.75) is 12.5 Å². The zero-order valence-electron chi connectivity index (χ0n) is 14.1. The van der Waals surface area contributed by atoms with Crippen LogP contribution in [-0.4, -0.2) is 36.2 Å². The van der Waals surface area contributed by atoms with Crippen molar-refractivity contribution in [2.24, 2.45) is 0 Å². The van der Waals surface area contributed by atoms with Crippen LogP contribution in [0.3, 0.4) is 0 Å². The van der Waals surface area contributed by atoms with Gasteiger partial charge in [-0.25, -0.2) is 9.78 Å². The van der Waals surface area contributed by atoms with Crippen LogP contribution < -0.4 is 9.64 Å². The molecule has 3 aromatic rings. The number of halogens is 1. The third-order valence-corrected chi connectivity index (χ3v) is 5.51. The first-order valence-electron chi connectivity index (χ1n) is 8.44. The minimum Gasteiger partial charge on any atom is -0.490 e. The van der Waals surface area contributed by atoms with Gasteiger partial charge in [-0.05, 0) is 51.8 Å². The van der Waals surface area contributed by atoms with E-state index in [1.165, 1.54) is 7.11 Å². The van der Waals surface area contributed by atoms with Gasteiger partial charge in [0.2, 0.25) is 0 Å². The normalized spacial score (nSPS) is 17.9. The number of nitrogens with one attached hydrogen (secondary N) is 1. The van der Waals surface area contributed by atoms with E-state index in [0.717, 1.165) is 51.3 Å². The minimum absolute atomic E-state index is 0.175. The number of hydrogen-bond donors (Lipinski definition) is 1. The molecule has 1 atom stereocenters. The lowest BCUT2D eigenvalue weighted by atomic mass is 10.0. The van der Waals surface area contributed by atoms with E-state index in [0.29, 0.717) is 12.2 Å². The standard InChI is InChI=1S/C19H16BrN3O3/c1-25-19(24)12-6-11-8-14(23-4-5-26-15(9-12)17(11)23)13-7-10-2-3-16(20)22-18(10)21-13/h2-3,6-7,9,14H,4-5,8H2,1H3,(H,21,22). The molecule has 26 heavy (non-hydrogen) atoms. The highest BCUT2D eigenvalue weighted by Gasteiger charge is 2.37. The van der Waals surface area contributed by atoms with E-state index in [9.17, 15) is 4.79 Å². The molecule has 0 fully saturated rings. The van der Waals surface area contributed by atoms with Crippen molar-refractivity contribution >= 4 is 38.6 Å². The monoisotopic (exact) mass is 413 g/mol. The number of hydrogen-bond acceptors (Lipinski definition) is 5. The summed E-state index contributed by atoms with van der Waals surface area (Å²) in [6, 6.07) is 10.0. The number of ether oxygens (including phenoxy) is 2. The average molecular weight is 414 g/mol. The van der Waals surface area contributed by atoms with Crippen LogP contribution in [-0.2, 0) is 11.2 Å². The fourth-order valence-corrected chi connectivity index (χ4v) is 4.26. The molecule has 1 aromatic carbocycles. The molecule has 0 radical (unpaired) electrons. The number of fused-ring (bicyclic) bond motifs is 1. The van der Waals surface area contributed by atoms with Crippen LogP contribution in [0.2, 0.25) is 0 Å². The molecule has 1 N–H and O–H groups in total. The number of nitrogens with zero attached hydrogens (tertiary/aromatic N) is 2. The van der Waals surface area contributed by atoms with Gasteiger partial charge in [0.1, 0.15) is 22.6 Å². The van der Waals surface area contributed by atoms with Gasteiger partial charge >= 0.3 is 5.97 Å². The molecule has 4 heterocycles.